The molecule has 2 N–H and O–H groups in total. The molecule has 0 saturated carbocycles. The average molecular weight is 579 g/mol. The van der Waals surface area contributed by atoms with Crippen LogP contribution in [0.1, 0.15) is 97.2 Å². The summed E-state index contributed by atoms with van der Waals surface area (Å²) in [6.07, 6.45) is 0. The topological polar surface area (TPSA) is 58.9 Å². The average Bonchev–Trinajstić information content (AvgIpc) is 2.86. The number of phenolic OH excluding ortho intramolecular Hbond substituents is 2. The Bertz CT molecular complexity index is 1330. The second-order valence-corrected chi connectivity index (χ2v) is 13.4. The lowest BCUT2D eigenvalue weighted by atomic mass is 9.83. The van der Waals surface area contributed by atoms with Crippen LogP contribution in [-0.2, 0) is 33.5 Å². The Morgan fingerprint density at radius 1 is 0.625 bits per heavy atom. The molecule has 4 nitrogen and oxygen atoms in total. The molecule has 0 aliphatic heterocycles. The van der Waals surface area contributed by atoms with E-state index in [-0.39, 0.29) is 24.0 Å². The lowest BCUT2D eigenvalue weighted by Crippen LogP contribution is -2.14. The third-order valence-electron chi connectivity index (χ3n) is 7.47. The Balaban J connectivity index is 1.67. The molecule has 3 rings (SSSR count). The van der Waals surface area contributed by atoms with E-state index < -0.39 is 0 Å². The normalized spacial score (nSPS) is 11.8. The summed E-state index contributed by atoms with van der Waals surface area (Å²) >= 11 is 11.1. The van der Waals surface area contributed by atoms with Crippen molar-refractivity contribution in [2.24, 2.45) is 0 Å². The van der Waals surface area contributed by atoms with Crippen molar-refractivity contribution >= 4 is 34.5 Å². The van der Waals surface area contributed by atoms with Gasteiger partial charge in [0.2, 0.25) is 0 Å². The van der Waals surface area contributed by atoms with Crippen molar-refractivity contribution in [3.8, 4) is 11.5 Å². The summed E-state index contributed by atoms with van der Waals surface area (Å²) in [4.78, 5) is 0. The minimum absolute atomic E-state index is 0.156. The molecule has 0 unspecified atom stereocenters. The van der Waals surface area contributed by atoms with Crippen molar-refractivity contribution < 1.29 is 19.7 Å². The van der Waals surface area contributed by atoms with Gasteiger partial charge in [-0.05, 0) is 132 Å². The van der Waals surface area contributed by atoms with Crippen LogP contribution < -0.4 is 0 Å². The molecule has 0 saturated heterocycles. The van der Waals surface area contributed by atoms with Gasteiger partial charge in [-0.3, -0.25) is 0 Å². The highest BCUT2D eigenvalue weighted by Crippen LogP contribution is 2.38. The predicted octanol–water partition coefficient (Wildman–Crippen LogP) is 8.71. The largest absolute Gasteiger partial charge is 0.507 e. The van der Waals surface area contributed by atoms with E-state index in [0.717, 1.165) is 55.6 Å². The summed E-state index contributed by atoms with van der Waals surface area (Å²) in [5.41, 5.74) is 8.70. The fourth-order valence-corrected chi connectivity index (χ4v) is 5.19. The van der Waals surface area contributed by atoms with Crippen molar-refractivity contribution in [3.63, 3.8) is 0 Å². The molecular formula is C34H42O4S2. The van der Waals surface area contributed by atoms with Crippen LogP contribution >= 0.6 is 24.4 Å². The monoisotopic (exact) mass is 578 g/mol. The summed E-state index contributed by atoms with van der Waals surface area (Å²) in [7, 11) is 0. The van der Waals surface area contributed by atoms with Gasteiger partial charge in [0.15, 0.2) is 10.1 Å². The summed E-state index contributed by atoms with van der Waals surface area (Å²) in [6.45, 7) is 21.0. The molecule has 0 aliphatic rings. The summed E-state index contributed by atoms with van der Waals surface area (Å²) in [6, 6.07) is 11.5. The highest BCUT2D eigenvalue weighted by atomic mass is 32.1. The third-order valence-corrected chi connectivity index (χ3v) is 8.17. The number of phenols is 2. The van der Waals surface area contributed by atoms with E-state index in [0.29, 0.717) is 21.6 Å². The number of ether oxygens (including phenoxy) is 2. The minimum atomic E-state index is -0.156. The molecule has 3 aromatic carbocycles. The summed E-state index contributed by atoms with van der Waals surface area (Å²) in [5.74, 6) is 0.623. The number of aryl methyl sites for hydroxylation is 2. The first-order valence-electron chi connectivity index (χ1n) is 13.5. The van der Waals surface area contributed by atoms with Crippen LogP contribution in [0.25, 0.3) is 0 Å². The van der Waals surface area contributed by atoms with Crippen molar-refractivity contribution in [1.29, 1.82) is 0 Å². The predicted molar refractivity (Wildman–Crippen MR) is 172 cm³/mol. The van der Waals surface area contributed by atoms with E-state index in [1.54, 1.807) is 0 Å². The lowest BCUT2D eigenvalue weighted by molar-refractivity contribution is 0.298. The first-order chi connectivity index (χ1) is 18.4. The molecule has 40 heavy (non-hydrogen) atoms. The van der Waals surface area contributed by atoms with Crippen molar-refractivity contribution in [2.75, 3.05) is 0 Å². The maximum atomic E-state index is 10.8. The highest BCUT2D eigenvalue weighted by Gasteiger charge is 2.24. The molecule has 6 heteroatoms. The van der Waals surface area contributed by atoms with Gasteiger partial charge in [-0.1, -0.05) is 53.7 Å². The second kappa shape index (κ2) is 11.9. The summed E-state index contributed by atoms with van der Waals surface area (Å²) in [5, 5.41) is 22.3. The molecule has 0 aliphatic carbocycles. The molecule has 0 heterocycles. The Hall–Kier alpha value is -2.96. The van der Waals surface area contributed by atoms with Gasteiger partial charge in [-0.2, -0.15) is 0 Å². The van der Waals surface area contributed by atoms with Crippen LogP contribution in [-0.4, -0.2) is 20.3 Å². The zero-order chi connectivity index (χ0) is 30.2. The van der Waals surface area contributed by atoms with E-state index in [2.05, 4.69) is 41.5 Å². The van der Waals surface area contributed by atoms with Gasteiger partial charge in [0, 0.05) is 11.1 Å². The molecule has 0 bridgehead atoms. The number of aromatic hydroxyl groups is 2. The standard InChI is InChI=1S/C34H42O4S2/c1-19-15-27(33(5,6)7)29(35)21(3)25(19)17-37-31(39)23-11-13-24(14-12-23)32(40)38-18-26-20(2)16-28(34(8,9)10)30(36)22(26)4/h11-16,35-36H,17-18H2,1-10H3. The van der Waals surface area contributed by atoms with Gasteiger partial charge in [-0.25, -0.2) is 0 Å². The van der Waals surface area contributed by atoms with Crippen molar-refractivity contribution in [3.05, 3.63) is 92.0 Å². The lowest BCUT2D eigenvalue weighted by Gasteiger charge is -2.24. The zero-order valence-electron chi connectivity index (χ0n) is 25.4. The Labute approximate surface area is 250 Å². The van der Waals surface area contributed by atoms with E-state index in [1.807, 2.05) is 64.1 Å². The number of thiocarbonyl (C=S) groups is 2. The first-order valence-corrected chi connectivity index (χ1v) is 14.3. The van der Waals surface area contributed by atoms with Gasteiger partial charge < -0.3 is 19.7 Å². The van der Waals surface area contributed by atoms with Crippen LogP contribution in [0.2, 0.25) is 0 Å². The number of rotatable bonds is 6. The van der Waals surface area contributed by atoms with Crippen LogP contribution in [0.15, 0.2) is 36.4 Å². The van der Waals surface area contributed by atoms with E-state index in [4.69, 9.17) is 33.9 Å². The number of hydrogen-bond acceptors (Lipinski definition) is 6. The molecule has 0 atom stereocenters. The Morgan fingerprint density at radius 2 is 0.925 bits per heavy atom. The maximum Gasteiger partial charge on any atom is 0.191 e. The van der Waals surface area contributed by atoms with Crippen molar-refractivity contribution in [2.45, 2.75) is 93.3 Å². The molecule has 0 amide bonds. The fraction of sp³-hybridized carbons (Fsp3) is 0.412. The van der Waals surface area contributed by atoms with Crippen LogP contribution in [0, 0.1) is 27.7 Å². The maximum absolute atomic E-state index is 10.8. The summed E-state index contributed by atoms with van der Waals surface area (Å²) < 4.78 is 11.9. The third kappa shape index (κ3) is 6.84. The SMILES string of the molecule is Cc1cc(C(C)(C)C)c(O)c(C)c1COC(=S)c1ccc(C(=S)OCc2c(C)cc(C(C)(C)C)c(O)c2C)cc1. The second-order valence-electron chi connectivity index (χ2n) is 12.6. The first kappa shape index (κ1) is 31.6. The molecule has 3 aromatic rings. The molecule has 0 radical (unpaired) electrons. The fourth-order valence-electron chi connectivity index (χ4n) is 4.80. The number of benzene rings is 3. The molecule has 214 valence electrons. The molecule has 0 fully saturated rings. The van der Waals surface area contributed by atoms with Crippen molar-refractivity contribution in [1.82, 2.24) is 0 Å². The Kier molecular flexibility index (Phi) is 9.37. The smallest absolute Gasteiger partial charge is 0.191 e. The van der Waals surface area contributed by atoms with Gasteiger partial charge >= 0.3 is 0 Å². The number of hydrogen-bond donors (Lipinski definition) is 2. The highest BCUT2D eigenvalue weighted by molar-refractivity contribution is 7.80. The van der Waals surface area contributed by atoms with Crippen LogP contribution in [0.5, 0.6) is 11.5 Å². The minimum Gasteiger partial charge on any atom is -0.507 e. The van der Waals surface area contributed by atoms with Gasteiger partial charge in [0.05, 0.1) is 0 Å². The quantitative estimate of drug-likeness (QED) is 0.285. The molecule has 0 aromatic heterocycles. The van der Waals surface area contributed by atoms with Gasteiger partial charge in [-0.15, -0.1) is 0 Å². The van der Waals surface area contributed by atoms with E-state index in [9.17, 15) is 10.2 Å². The van der Waals surface area contributed by atoms with E-state index in [1.165, 1.54) is 0 Å². The van der Waals surface area contributed by atoms with E-state index >= 15 is 0 Å². The van der Waals surface area contributed by atoms with Gasteiger partial charge in [0.25, 0.3) is 0 Å². The van der Waals surface area contributed by atoms with Gasteiger partial charge in [0.1, 0.15) is 24.7 Å². The van der Waals surface area contributed by atoms with Crippen LogP contribution in [0.3, 0.4) is 0 Å². The molecule has 0 spiro atoms. The zero-order valence-corrected chi connectivity index (χ0v) is 27.0. The Morgan fingerprint density at radius 3 is 1.20 bits per heavy atom. The van der Waals surface area contributed by atoms with Crippen LogP contribution in [0.4, 0.5) is 0 Å². The molecular weight excluding hydrogens is 537 g/mol.